The summed E-state index contributed by atoms with van der Waals surface area (Å²) in [6, 6.07) is 2.41. The first-order valence-electron chi connectivity index (χ1n) is 6.20. The fourth-order valence-electron chi connectivity index (χ4n) is 1.51. The van der Waals surface area contributed by atoms with Gasteiger partial charge in [-0.15, -0.1) is 0 Å². The van der Waals surface area contributed by atoms with Crippen LogP contribution in [-0.2, 0) is 4.79 Å². The number of rotatable bonds is 6. The molecule has 0 radical (unpaired) electrons. The summed E-state index contributed by atoms with van der Waals surface area (Å²) < 4.78 is 29.5. The van der Waals surface area contributed by atoms with Gasteiger partial charge < -0.3 is 15.8 Å². The maximum atomic E-state index is 12.4. The normalized spacial score (nSPS) is 12.6. The number of halogens is 4. The van der Waals surface area contributed by atoms with Crippen LogP contribution in [0.15, 0.2) is 16.6 Å². The summed E-state index contributed by atoms with van der Waals surface area (Å²) in [5.74, 6) is -0.455. The second-order valence-electron chi connectivity index (χ2n) is 4.80. The SMILES string of the molecule is CC(C)C(N)CC(=O)Nc1cc(Cl)cc(Br)c1OC(F)F. The highest BCUT2D eigenvalue weighted by atomic mass is 79.9. The average molecular weight is 386 g/mol. The van der Waals surface area contributed by atoms with Crippen molar-refractivity contribution in [3.05, 3.63) is 21.6 Å². The fourth-order valence-corrected chi connectivity index (χ4v) is 2.42. The molecule has 118 valence electrons. The molecule has 0 heterocycles. The summed E-state index contributed by atoms with van der Waals surface area (Å²) >= 11 is 8.92. The lowest BCUT2D eigenvalue weighted by Gasteiger charge is -2.17. The predicted molar refractivity (Wildman–Crippen MR) is 81.8 cm³/mol. The van der Waals surface area contributed by atoms with Gasteiger partial charge in [0.25, 0.3) is 0 Å². The van der Waals surface area contributed by atoms with E-state index in [0.717, 1.165) is 0 Å². The third kappa shape index (κ3) is 5.76. The highest BCUT2D eigenvalue weighted by molar-refractivity contribution is 9.10. The largest absolute Gasteiger partial charge is 0.431 e. The van der Waals surface area contributed by atoms with E-state index in [1.165, 1.54) is 12.1 Å². The molecular weight excluding hydrogens is 370 g/mol. The van der Waals surface area contributed by atoms with Gasteiger partial charge in [0, 0.05) is 17.5 Å². The van der Waals surface area contributed by atoms with E-state index >= 15 is 0 Å². The summed E-state index contributed by atoms with van der Waals surface area (Å²) in [6.45, 7) is 0.759. The lowest BCUT2D eigenvalue weighted by molar-refractivity contribution is -0.116. The number of hydrogen-bond donors (Lipinski definition) is 2. The van der Waals surface area contributed by atoms with Crippen molar-refractivity contribution in [3.8, 4) is 5.75 Å². The van der Waals surface area contributed by atoms with Crippen molar-refractivity contribution in [1.29, 1.82) is 0 Å². The van der Waals surface area contributed by atoms with Gasteiger partial charge in [-0.3, -0.25) is 4.79 Å². The maximum Gasteiger partial charge on any atom is 0.387 e. The van der Waals surface area contributed by atoms with Gasteiger partial charge in [-0.25, -0.2) is 0 Å². The molecule has 1 aromatic carbocycles. The Hall–Kier alpha value is -0.920. The number of carbonyl (C=O) groups excluding carboxylic acids is 1. The zero-order valence-electron chi connectivity index (χ0n) is 11.5. The monoisotopic (exact) mass is 384 g/mol. The molecule has 0 bridgehead atoms. The molecule has 1 amide bonds. The van der Waals surface area contributed by atoms with Crippen LogP contribution in [0.4, 0.5) is 14.5 Å². The van der Waals surface area contributed by atoms with E-state index in [4.69, 9.17) is 17.3 Å². The summed E-state index contributed by atoms with van der Waals surface area (Å²) in [4.78, 5) is 11.9. The van der Waals surface area contributed by atoms with Crippen molar-refractivity contribution in [2.75, 3.05) is 5.32 Å². The number of benzene rings is 1. The highest BCUT2D eigenvalue weighted by Crippen LogP contribution is 2.37. The number of carbonyl (C=O) groups is 1. The molecule has 1 atom stereocenters. The van der Waals surface area contributed by atoms with Gasteiger partial charge in [-0.05, 0) is 34.0 Å². The van der Waals surface area contributed by atoms with Crippen LogP contribution in [-0.4, -0.2) is 18.6 Å². The lowest BCUT2D eigenvalue weighted by Crippen LogP contribution is -2.31. The number of anilines is 1. The molecule has 1 unspecified atom stereocenters. The van der Waals surface area contributed by atoms with Gasteiger partial charge in [0.05, 0.1) is 10.2 Å². The minimum absolute atomic E-state index is 0.0654. The Bertz CT molecular complexity index is 515. The topological polar surface area (TPSA) is 64.4 Å². The van der Waals surface area contributed by atoms with Gasteiger partial charge in [0.2, 0.25) is 5.91 Å². The zero-order chi connectivity index (χ0) is 16.2. The number of nitrogens with two attached hydrogens (primary N) is 1. The van der Waals surface area contributed by atoms with Crippen molar-refractivity contribution < 1.29 is 18.3 Å². The standard InChI is InChI=1S/C13H16BrClF2N2O2/c1-6(2)9(18)5-11(20)19-10-4-7(15)3-8(14)12(10)21-13(16)17/h3-4,6,9,13H,5,18H2,1-2H3,(H,19,20). The minimum atomic E-state index is -3.02. The van der Waals surface area contributed by atoms with Gasteiger partial charge in [-0.1, -0.05) is 25.4 Å². The van der Waals surface area contributed by atoms with Crippen molar-refractivity contribution in [2.45, 2.75) is 32.9 Å². The Morgan fingerprint density at radius 1 is 1.48 bits per heavy atom. The molecule has 4 nitrogen and oxygen atoms in total. The molecule has 21 heavy (non-hydrogen) atoms. The van der Waals surface area contributed by atoms with E-state index in [-0.39, 0.29) is 39.3 Å². The van der Waals surface area contributed by atoms with Crippen LogP contribution in [0.3, 0.4) is 0 Å². The molecule has 0 spiro atoms. The van der Waals surface area contributed by atoms with Crippen molar-refractivity contribution >= 4 is 39.1 Å². The van der Waals surface area contributed by atoms with E-state index in [1.54, 1.807) is 0 Å². The highest BCUT2D eigenvalue weighted by Gasteiger charge is 2.18. The summed E-state index contributed by atoms with van der Waals surface area (Å²) in [7, 11) is 0. The molecule has 3 N–H and O–H groups in total. The molecule has 0 aromatic heterocycles. The quantitative estimate of drug-likeness (QED) is 0.777. The van der Waals surface area contributed by atoms with E-state index in [9.17, 15) is 13.6 Å². The molecule has 0 aliphatic heterocycles. The number of hydrogen-bond acceptors (Lipinski definition) is 3. The molecule has 0 saturated heterocycles. The molecule has 1 rings (SSSR count). The first kappa shape index (κ1) is 18.1. The van der Waals surface area contributed by atoms with Crippen LogP contribution in [0.25, 0.3) is 0 Å². The molecule has 0 aliphatic rings. The second kappa shape index (κ2) is 7.91. The molecule has 1 aromatic rings. The van der Waals surface area contributed by atoms with Crippen LogP contribution in [0.1, 0.15) is 20.3 Å². The first-order valence-corrected chi connectivity index (χ1v) is 7.37. The summed E-state index contributed by atoms with van der Waals surface area (Å²) in [5.41, 5.74) is 5.87. The van der Waals surface area contributed by atoms with E-state index < -0.39 is 12.5 Å². The third-order valence-corrected chi connectivity index (χ3v) is 3.57. The molecule has 0 aliphatic carbocycles. The molecule has 8 heteroatoms. The van der Waals surface area contributed by atoms with E-state index in [2.05, 4.69) is 26.0 Å². The van der Waals surface area contributed by atoms with Crippen molar-refractivity contribution in [1.82, 2.24) is 0 Å². The van der Waals surface area contributed by atoms with Gasteiger partial charge in [-0.2, -0.15) is 8.78 Å². The fraction of sp³-hybridized carbons (Fsp3) is 0.462. The Balaban J connectivity index is 2.93. The summed E-state index contributed by atoms with van der Waals surface area (Å²) in [6.07, 6.45) is 0.0654. The number of nitrogens with one attached hydrogen (secondary N) is 1. The van der Waals surface area contributed by atoms with Gasteiger partial charge in [0.15, 0.2) is 5.75 Å². The Morgan fingerprint density at radius 2 is 2.10 bits per heavy atom. The van der Waals surface area contributed by atoms with Crippen LogP contribution in [0, 0.1) is 5.92 Å². The zero-order valence-corrected chi connectivity index (χ0v) is 13.8. The van der Waals surface area contributed by atoms with Crippen LogP contribution in [0.5, 0.6) is 5.75 Å². The van der Waals surface area contributed by atoms with E-state index in [0.29, 0.717) is 0 Å². The van der Waals surface area contributed by atoms with E-state index in [1.807, 2.05) is 13.8 Å². The summed E-state index contributed by atoms with van der Waals surface area (Å²) in [5, 5.41) is 2.76. The predicted octanol–water partition coefficient (Wildman–Crippen LogP) is 4.02. The average Bonchev–Trinajstić information content (AvgIpc) is 2.32. The van der Waals surface area contributed by atoms with Crippen molar-refractivity contribution in [3.63, 3.8) is 0 Å². The molecule has 0 saturated carbocycles. The van der Waals surface area contributed by atoms with Gasteiger partial charge in [0.1, 0.15) is 0 Å². The van der Waals surface area contributed by atoms with Crippen LogP contribution in [0.2, 0.25) is 5.02 Å². The van der Waals surface area contributed by atoms with Crippen LogP contribution < -0.4 is 15.8 Å². The third-order valence-electron chi connectivity index (χ3n) is 2.77. The van der Waals surface area contributed by atoms with Crippen molar-refractivity contribution in [2.24, 2.45) is 11.7 Å². The number of ether oxygens (including phenoxy) is 1. The second-order valence-corrected chi connectivity index (χ2v) is 6.09. The van der Waals surface area contributed by atoms with Gasteiger partial charge >= 0.3 is 6.61 Å². The minimum Gasteiger partial charge on any atom is -0.431 e. The molecule has 0 fully saturated rings. The Morgan fingerprint density at radius 3 is 2.62 bits per heavy atom. The number of amides is 1. The van der Waals surface area contributed by atoms with Crippen LogP contribution >= 0.6 is 27.5 Å². The first-order chi connectivity index (χ1) is 9.70. The number of alkyl halides is 2. The smallest absolute Gasteiger partial charge is 0.387 e. The lowest BCUT2D eigenvalue weighted by atomic mass is 10.0. The maximum absolute atomic E-state index is 12.4. The Kier molecular flexibility index (Phi) is 6.83. The Labute approximate surface area is 135 Å². The molecular formula is C13H16BrClF2N2O2.